The average molecular weight is 396 g/mol. The first kappa shape index (κ1) is 17.9. The molecule has 5 rings (SSSR count). The minimum Gasteiger partial charge on any atom is -0.300 e. The Labute approximate surface area is 166 Å². The summed E-state index contributed by atoms with van der Waals surface area (Å²) in [5.41, 5.74) is 4.61. The third kappa shape index (κ3) is 3.14. The molecule has 5 nitrogen and oxygen atoms in total. The van der Waals surface area contributed by atoms with Crippen LogP contribution in [0.4, 0.5) is 5.69 Å². The lowest BCUT2D eigenvalue weighted by Crippen LogP contribution is -2.51. The quantitative estimate of drug-likeness (QED) is 0.785. The molecule has 0 N–H and O–H groups in total. The summed E-state index contributed by atoms with van der Waals surface area (Å²) in [6, 6.07) is 16.9. The molecular formula is C22H25N3O2S. The maximum absolute atomic E-state index is 12.7. The Hall–Kier alpha value is -2.18. The van der Waals surface area contributed by atoms with Crippen molar-refractivity contribution in [3.63, 3.8) is 0 Å². The van der Waals surface area contributed by atoms with Gasteiger partial charge >= 0.3 is 10.2 Å². The van der Waals surface area contributed by atoms with Crippen LogP contribution in [-0.2, 0) is 23.1 Å². The van der Waals surface area contributed by atoms with E-state index < -0.39 is 10.2 Å². The van der Waals surface area contributed by atoms with Crippen LogP contribution in [0, 0.1) is 0 Å². The first-order valence-electron chi connectivity index (χ1n) is 10.1. The number of aryl methyl sites for hydroxylation is 1. The van der Waals surface area contributed by atoms with E-state index in [0.717, 1.165) is 50.0 Å². The van der Waals surface area contributed by atoms with Gasteiger partial charge in [-0.15, -0.1) is 0 Å². The number of hydrogen-bond acceptors (Lipinski definition) is 3. The first-order valence-corrected chi connectivity index (χ1v) is 11.5. The minimum atomic E-state index is -3.63. The summed E-state index contributed by atoms with van der Waals surface area (Å²) >= 11 is 0. The van der Waals surface area contributed by atoms with Crippen molar-refractivity contribution < 1.29 is 8.42 Å². The van der Waals surface area contributed by atoms with Gasteiger partial charge in [-0.2, -0.15) is 12.8 Å². The molecule has 1 saturated heterocycles. The fourth-order valence-corrected chi connectivity index (χ4v) is 6.31. The Morgan fingerprint density at radius 1 is 0.857 bits per heavy atom. The SMILES string of the molecule is O=S1(=O)N=Cc2ccccc2N1C1CCN(C2CCc3ccccc3C2)CC1. The second kappa shape index (κ2) is 7.01. The molecule has 0 bridgehead atoms. The molecular weight excluding hydrogens is 370 g/mol. The van der Waals surface area contributed by atoms with Crippen molar-refractivity contribution in [3.05, 3.63) is 65.2 Å². The van der Waals surface area contributed by atoms with Gasteiger partial charge in [0.05, 0.1) is 11.9 Å². The van der Waals surface area contributed by atoms with Gasteiger partial charge in [-0.3, -0.25) is 4.90 Å². The predicted octanol–water partition coefficient (Wildman–Crippen LogP) is 3.19. The first-order chi connectivity index (χ1) is 13.6. The summed E-state index contributed by atoms with van der Waals surface area (Å²) in [7, 11) is -3.63. The van der Waals surface area contributed by atoms with Crippen molar-refractivity contribution in [2.24, 2.45) is 4.40 Å². The molecule has 0 saturated carbocycles. The molecule has 1 unspecified atom stereocenters. The zero-order valence-corrected chi connectivity index (χ0v) is 16.7. The summed E-state index contributed by atoms with van der Waals surface area (Å²) in [6.07, 6.45) is 6.61. The molecule has 2 heterocycles. The highest BCUT2D eigenvalue weighted by molar-refractivity contribution is 7.91. The highest BCUT2D eigenvalue weighted by Crippen LogP contribution is 2.34. The zero-order valence-electron chi connectivity index (χ0n) is 15.9. The number of piperidine rings is 1. The number of anilines is 1. The zero-order chi connectivity index (χ0) is 19.1. The minimum absolute atomic E-state index is 0.0178. The molecule has 2 aromatic carbocycles. The van der Waals surface area contributed by atoms with E-state index in [-0.39, 0.29) is 6.04 Å². The van der Waals surface area contributed by atoms with Crippen molar-refractivity contribution in [1.82, 2.24) is 4.90 Å². The van der Waals surface area contributed by atoms with E-state index >= 15 is 0 Å². The second-order valence-electron chi connectivity index (χ2n) is 8.00. The molecule has 1 atom stereocenters. The van der Waals surface area contributed by atoms with Gasteiger partial charge in [0.25, 0.3) is 0 Å². The highest BCUT2D eigenvalue weighted by Gasteiger charge is 2.37. The van der Waals surface area contributed by atoms with Crippen LogP contribution in [0.25, 0.3) is 0 Å². The normalized spacial score (nSPS) is 24.6. The van der Waals surface area contributed by atoms with Gasteiger partial charge < -0.3 is 0 Å². The van der Waals surface area contributed by atoms with Crippen molar-refractivity contribution in [2.45, 2.75) is 44.2 Å². The molecule has 1 aliphatic carbocycles. The van der Waals surface area contributed by atoms with E-state index in [1.165, 1.54) is 23.8 Å². The monoisotopic (exact) mass is 395 g/mol. The standard InChI is InChI=1S/C22H25N3O2S/c26-28(27)23-16-19-7-3-4-8-22(19)25(28)20-11-13-24(14-12-20)21-10-9-17-5-1-2-6-18(17)15-21/h1-8,16,20-21H,9-15H2. The van der Waals surface area contributed by atoms with Crippen LogP contribution in [-0.4, -0.2) is 44.7 Å². The third-order valence-electron chi connectivity index (χ3n) is 6.42. The maximum Gasteiger partial charge on any atom is 0.344 e. The topological polar surface area (TPSA) is 53.0 Å². The van der Waals surface area contributed by atoms with E-state index in [2.05, 4.69) is 33.6 Å². The molecule has 0 radical (unpaired) electrons. The molecule has 146 valence electrons. The van der Waals surface area contributed by atoms with E-state index in [1.807, 2.05) is 24.3 Å². The van der Waals surface area contributed by atoms with E-state index in [0.29, 0.717) is 6.04 Å². The second-order valence-corrected chi connectivity index (χ2v) is 9.50. The molecule has 6 heteroatoms. The van der Waals surface area contributed by atoms with Gasteiger partial charge in [0.1, 0.15) is 0 Å². The number of para-hydroxylation sites is 1. The lowest BCUT2D eigenvalue weighted by Gasteiger charge is -2.43. The van der Waals surface area contributed by atoms with E-state index in [1.54, 1.807) is 4.31 Å². The molecule has 3 aliphatic rings. The fraction of sp³-hybridized carbons (Fsp3) is 0.409. The number of hydrogen-bond donors (Lipinski definition) is 0. The third-order valence-corrected chi connectivity index (χ3v) is 7.78. The van der Waals surface area contributed by atoms with Crippen LogP contribution in [0.2, 0.25) is 0 Å². The van der Waals surface area contributed by atoms with Gasteiger partial charge in [-0.25, -0.2) is 4.31 Å². The largest absolute Gasteiger partial charge is 0.344 e. The molecule has 28 heavy (non-hydrogen) atoms. The van der Waals surface area contributed by atoms with Crippen LogP contribution in [0.1, 0.15) is 36.0 Å². The van der Waals surface area contributed by atoms with Gasteiger partial charge in [-0.05, 0) is 49.3 Å². The number of fused-ring (bicyclic) bond motifs is 2. The fourth-order valence-electron chi connectivity index (χ4n) is 4.96. The summed E-state index contributed by atoms with van der Waals surface area (Å²) in [5, 5.41) is 0. The Morgan fingerprint density at radius 2 is 1.57 bits per heavy atom. The summed E-state index contributed by atoms with van der Waals surface area (Å²) < 4.78 is 30.8. The van der Waals surface area contributed by atoms with Gasteiger partial charge in [0, 0.05) is 30.7 Å². The molecule has 1 fully saturated rings. The van der Waals surface area contributed by atoms with Gasteiger partial charge in [-0.1, -0.05) is 42.5 Å². The van der Waals surface area contributed by atoms with Crippen LogP contribution >= 0.6 is 0 Å². The van der Waals surface area contributed by atoms with Crippen LogP contribution in [0.3, 0.4) is 0 Å². The van der Waals surface area contributed by atoms with Crippen LogP contribution in [0.15, 0.2) is 52.9 Å². The van der Waals surface area contributed by atoms with Gasteiger partial charge in [0.2, 0.25) is 0 Å². The Bertz CT molecular complexity index is 1010. The van der Waals surface area contributed by atoms with Crippen molar-refractivity contribution in [3.8, 4) is 0 Å². The van der Waals surface area contributed by atoms with E-state index in [9.17, 15) is 8.42 Å². The lowest BCUT2D eigenvalue weighted by atomic mass is 9.86. The van der Waals surface area contributed by atoms with Crippen LogP contribution < -0.4 is 4.31 Å². The number of benzene rings is 2. The Kier molecular flexibility index (Phi) is 4.48. The predicted molar refractivity (Wildman–Crippen MR) is 112 cm³/mol. The summed E-state index contributed by atoms with van der Waals surface area (Å²) in [5.74, 6) is 0. The molecule has 2 aromatic rings. The number of likely N-dealkylation sites (tertiary alicyclic amines) is 1. The number of nitrogens with zero attached hydrogens (tertiary/aromatic N) is 3. The molecule has 0 spiro atoms. The smallest absolute Gasteiger partial charge is 0.300 e. The lowest BCUT2D eigenvalue weighted by molar-refractivity contribution is 0.141. The van der Waals surface area contributed by atoms with Gasteiger partial charge in [0.15, 0.2) is 0 Å². The Balaban J connectivity index is 1.31. The molecule has 0 aromatic heterocycles. The summed E-state index contributed by atoms with van der Waals surface area (Å²) in [6.45, 7) is 1.88. The Morgan fingerprint density at radius 3 is 2.39 bits per heavy atom. The summed E-state index contributed by atoms with van der Waals surface area (Å²) in [4.78, 5) is 2.57. The van der Waals surface area contributed by atoms with Crippen molar-refractivity contribution in [2.75, 3.05) is 17.4 Å². The van der Waals surface area contributed by atoms with Crippen LogP contribution in [0.5, 0.6) is 0 Å². The maximum atomic E-state index is 12.7. The van der Waals surface area contributed by atoms with E-state index in [4.69, 9.17) is 0 Å². The van der Waals surface area contributed by atoms with Crippen molar-refractivity contribution in [1.29, 1.82) is 0 Å². The molecule has 2 aliphatic heterocycles. The molecule has 0 amide bonds. The van der Waals surface area contributed by atoms with Crippen molar-refractivity contribution >= 4 is 22.1 Å². The average Bonchev–Trinajstić information content (AvgIpc) is 2.73. The number of rotatable bonds is 2. The highest BCUT2D eigenvalue weighted by atomic mass is 32.2.